The van der Waals surface area contributed by atoms with Crippen LogP contribution in [-0.4, -0.2) is 94.9 Å². The lowest BCUT2D eigenvalue weighted by molar-refractivity contribution is -0.128. The van der Waals surface area contributed by atoms with E-state index >= 15 is 0 Å². The van der Waals surface area contributed by atoms with Crippen LogP contribution in [0.25, 0.3) is 4.85 Å². The van der Waals surface area contributed by atoms with Crippen molar-refractivity contribution in [1.82, 2.24) is 24.7 Å². The molecule has 0 aliphatic carbocycles. The van der Waals surface area contributed by atoms with Gasteiger partial charge in [0.05, 0.1) is 18.8 Å². The van der Waals surface area contributed by atoms with Crippen LogP contribution < -0.4 is 9.64 Å². The summed E-state index contributed by atoms with van der Waals surface area (Å²) in [4.78, 5) is 45.3. The molecule has 0 bridgehead atoms. The molecule has 0 saturated carbocycles. The van der Waals surface area contributed by atoms with Crippen molar-refractivity contribution in [2.45, 2.75) is 38.0 Å². The molecule has 2 atom stereocenters. The summed E-state index contributed by atoms with van der Waals surface area (Å²) in [5.41, 5.74) is 1.65. The number of carbonyl (C=O) groups excluding carboxylic acids is 2. The first-order valence-electron chi connectivity index (χ1n) is 11.6. The summed E-state index contributed by atoms with van der Waals surface area (Å²) in [5, 5.41) is 0. The van der Waals surface area contributed by atoms with E-state index in [-0.39, 0.29) is 24.4 Å². The van der Waals surface area contributed by atoms with Crippen LogP contribution in [0, 0.1) is 6.57 Å². The maximum Gasteiger partial charge on any atom is 0.318 e. The summed E-state index contributed by atoms with van der Waals surface area (Å²) in [5.74, 6) is 0.375. The molecular weight excluding hydrogens is 434 g/mol. The van der Waals surface area contributed by atoms with Gasteiger partial charge in [0.1, 0.15) is 18.5 Å². The SMILES string of the molecule is [C-]#[N+]C[C@H]1CN(c2nc(OC[C@@H]3CCCN3C)nc3c2CN(C(=O)C=C)C3)CCN1C(=O)C=C. The van der Waals surface area contributed by atoms with E-state index < -0.39 is 0 Å². The minimum absolute atomic E-state index is 0.161. The highest BCUT2D eigenvalue weighted by atomic mass is 16.5. The van der Waals surface area contributed by atoms with Gasteiger partial charge >= 0.3 is 6.01 Å². The predicted octanol–water partition coefficient (Wildman–Crippen LogP) is 1.10. The van der Waals surface area contributed by atoms with Gasteiger partial charge in [0.2, 0.25) is 18.4 Å². The number of rotatable bonds is 7. The molecular formula is C24H31N7O3. The summed E-state index contributed by atoms with van der Waals surface area (Å²) in [6.45, 7) is 18.5. The summed E-state index contributed by atoms with van der Waals surface area (Å²) in [7, 11) is 2.09. The minimum Gasteiger partial charge on any atom is -0.462 e. The minimum atomic E-state index is -0.272. The molecule has 0 unspecified atom stereocenters. The van der Waals surface area contributed by atoms with Crippen molar-refractivity contribution in [3.8, 4) is 6.01 Å². The Balaban J connectivity index is 1.61. The van der Waals surface area contributed by atoms with E-state index in [0.29, 0.717) is 57.2 Å². The first kappa shape index (κ1) is 23.7. The van der Waals surface area contributed by atoms with Gasteiger partial charge in [-0.3, -0.25) is 9.59 Å². The van der Waals surface area contributed by atoms with E-state index in [0.717, 1.165) is 30.6 Å². The van der Waals surface area contributed by atoms with Crippen LogP contribution in [0.2, 0.25) is 0 Å². The maximum absolute atomic E-state index is 12.3. The fraction of sp³-hybridized carbons (Fsp3) is 0.542. The van der Waals surface area contributed by atoms with Crippen LogP contribution in [0.4, 0.5) is 5.82 Å². The lowest BCUT2D eigenvalue weighted by Crippen LogP contribution is -2.56. The molecule has 2 saturated heterocycles. The number of hydrogen-bond donors (Lipinski definition) is 0. The second-order valence-corrected chi connectivity index (χ2v) is 8.92. The molecule has 0 N–H and O–H groups in total. The maximum atomic E-state index is 12.3. The number of likely N-dealkylation sites (N-methyl/N-ethyl adjacent to an activating group) is 1. The fourth-order valence-electron chi connectivity index (χ4n) is 4.90. The number of piperazine rings is 1. The van der Waals surface area contributed by atoms with Crippen molar-refractivity contribution in [2.24, 2.45) is 0 Å². The number of aromatic nitrogens is 2. The molecule has 10 nitrogen and oxygen atoms in total. The van der Waals surface area contributed by atoms with Crippen LogP contribution in [0.15, 0.2) is 25.3 Å². The van der Waals surface area contributed by atoms with E-state index in [1.54, 1.807) is 9.80 Å². The lowest BCUT2D eigenvalue weighted by Gasteiger charge is -2.39. The molecule has 4 rings (SSSR count). The summed E-state index contributed by atoms with van der Waals surface area (Å²) in [6.07, 6.45) is 4.82. The number of fused-ring (bicyclic) bond motifs is 1. The second kappa shape index (κ2) is 10.2. The highest BCUT2D eigenvalue weighted by Crippen LogP contribution is 2.33. The molecule has 10 heteroatoms. The van der Waals surface area contributed by atoms with Crippen molar-refractivity contribution < 1.29 is 14.3 Å². The quantitative estimate of drug-likeness (QED) is 0.440. The number of likely N-dealkylation sites (tertiary alicyclic amines) is 1. The van der Waals surface area contributed by atoms with E-state index in [1.165, 1.54) is 12.2 Å². The molecule has 1 aromatic heterocycles. The van der Waals surface area contributed by atoms with Crippen LogP contribution in [0.5, 0.6) is 6.01 Å². The van der Waals surface area contributed by atoms with Gasteiger partial charge in [0.25, 0.3) is 0 Å². The Morgan fingerprint density at radius 3 is 2.62 bits per heavy atom. The Bertz CT molecular complexity index is 1020. The monoisotopic (exact) mass is 465 g/mol. The Labute approximate surface area is 200 Å². The Kier molecular flexibility index (Phi) is 7.12. The van der Waals surface area contributed by atoms with Crippen molar-refractivity contribution in [2.75, 3.05) is 51.3 Å². The van der Waals surface area contributed by atoms with Crippen molar-refractivity contribution in [3.05, 3.63) is 48.0 Å². The summed E-state index contributed by atoms with van der Waals surface area (Å²) < 4.78 is 6.05. The average molecular weight is 466 g/mol. The predicted molar refractivity (Wildman–Crippen MR) is 127 cm³/mol. The summed E-state index contributed by atoms with van der Waals surface area (Å²) in [6, 6.07) is 0.357. The zero-order valence-corrected chi connectivity index (χ0v) is 19.6. The van der Waals surface area contributed by atoms with E-state index in [1.807, 2.05) is 0 Å². The van der Waals surface area contributed by atoms with Gasteiger partial charge in [0, 0.05) is 31.2 Å². The molecule has 3 aliphatic rings. The average Bonchev–Trinajstić information content (AvgIpc) is 3.47. The van der Waals surface area contributed by atoms with Crippen molar-refractivity contribution in [1.29, 1.82) is 0 Å². The Hall–Kier alpha value is -3.45. The second-order valence-electron chi connectivity index (χ2n) is 8.92. The molecule has 180 valence electrons. The van der Waals surface area contributed by atoms with Gasteiger partial charge < -0.3 is 29.2 Å². The molecule has 1 aromatic rings. The topological polar surface area (TPSA) is 86.5 Å². The van der Waals surface area contributed by atoms with Crippen LogP contribution in [0.3, 0.4) is 0 Å². The van der Waals surface area contributed by atoms with Gasteiger partial charge in [0.15, 0.2) is 0 Å². The van der Waals surface area contributed by atoms with E-state index in [2.05, 4.69) is 39.8 Å². The third kappa shape index (κ3) is 4.75. The first-order valence-corrected chi connectivity index (χ1v) is 11.6. The third-order valence-electron chi connectivity index (χ3n) is 6.84. The standard InChI is InChI=1S/C24H31N7O3/c1-5-21(32)30-14-19-20(15-30)26-24(34-16-17-8-7-9-28(17)4)27-23(19)29-10-11-31(22(33)6-2)18(13-29)12-25-3/h5-6,17-18H,1-2,7-16H2,4H3/t17-,18-/m0/s1. The highest BCUT2D eigenvalue weighted by Gasteiger charge is 2.36. The number of hydrogen-bond acceptors (Lipinski definition) is 7. The molecule has 2 amide bonds. The van der Waals surface area contributed by atoms with Gasteiger partial charge in [-0.05, 0) is 38.6 Å². The molecule has 3 aliphatic heterocycles. The van der Waals surface area contributed by atoms with E-state index in [4.69, 9.17) is 16.3 Å². The third-order valence-corrected chi connectivity index (χ3v) is 6.84. The number of amides is 2. The smallest absolute Gasteiger partial charge is 0.318 e. The zero-order chi connectivity index (χ0) is 24.2. The number of anilines is 1. The van der Waals surface area contributed by atoms with Crippen LogP contribution >= 0.6 is 0 Å². The molecule has 34 heavy (non-hydrogen) atoms. The Morgan fingerprint density at radius 1 is 1.15 bits per heavy atom. The highest BCUT2D eigenvalue weighted by molar-refractivity contribution is 5.88. The fourth-order valence-corrected chi connectivity index (χ4v) is 4.90. The van der Waals surface area contributed by atoms with E-state index in [9.17, 15) is 9.59 Å². The van der Waals surface area contributed by atoms with Gasteiger partial charge in [-0.1, -0.05) is 13.2 Å². The van der Waals surface area contributed by atoms with Gasteiger partial charge in [-0.15, -0.1) is 0 Å². The summed E-state index contributed by atoms with van der Waals surface area (Å²) >= 11 is 0. The van der Waals surface area contributed by atoms with Crippen molar-refractivity contribution in [3.63, 3.8) is 0 Å². The molecule has 0 radical (unpaired) electrons. The molecule has 0 aromatic carbocycles. The largest absolute Gasteiger partial charge is 0.462 e. The molecule has 0 spiro atoms. The van der Waals surface area contributed by atoms with Crippen molar-refractivity contribution >= 4 is 17.6 Å². The van der Waals surface area contributed by atoms with Gasteiger partial charge in [-0.25, -0.2) is 6.57 Å². The first-order chi connectivity index (χ1) is 16.4. The molecule has 2 fully saturated rings. The lowest BCUT2D eigenvalue weighted by atomic mass is 10.1. The Morgan fingerprint density at radius 2 is 1.94 bits per heavy atom. The van der Waals surface area contributed by atoms with Gasteiger partial charge in [-0.2, -0.15) is 9.97 Å². The molecule has 4 heterocycles. The van der Waals surface area contributed by atoms with Crippen LogP contribution in [0.1, 0.15) is 24.1 Å². The normalized spacial score (nSPS) is 22.3. The number of nitrogens with zero attached hydrogens (tertiary/aromatic N) is 7. The number of carbonyl (C=O) groups is 2. The zero-order valence-electron chi connectivity index (χ0n) is 19.6. The van der Waals surface area contributed by atoms with Crippen LogP contribution in [-0.2, 0) is 22.7 Å². The number of ether oxygens (including phenoxy) is 1.